The van der Waals surface area contributed by atoms with Gasteiger partial charge in [-0.1, -0.05) is 25.0 Å². The molecule has 0 aliphatic rings. The first-order valence-corrected chi connectivity index (χ1v) is 6.50. The van der Waals surface area contributed by atoms with Crippen LogP contribution in [0.15, 0.2) is 24.3 Å². The molecule has 0 radical (unpaired) electrons. The summed E-state index contributed by atoms with van der Waals surface area (Å²) in [7, 11) is 0. The Kier molecular flexibility index (Phi) is 6.08. The number of hydrogen-bond donors (Lipinski definition) is 4. The Balaban J connectivity index is 2.66. The highest BCUT2D eigenvalue weighted by Crippen LogP contribution is 2.11. The van der Waals surface area contributed by atoms with Crippen molar-refractivity contribution >= 4 is 12.0 Å². The van der Waals surface area contributed by atoms with Crippen LogP contribution in [0.2, 0.25) is 0 Å². The third-order valence-electron chi connectivity index (χ3n) is 2.89. The predicted molar refractivity (Wildman–Crippen MR) is 77.8 cm³/mol. The fourth-order valence-electron chi connectivity index (χ4n) is 1.69. The van der Waals surface area contributed by atoms with Crippen molar-refractivity contribution in [3.05, 3.63) is 29.8 Å². The standard InChI is InChI=1S/C15H18N2O4/c1-3-11(4-2)16-15(21)17-13(14(19)20)9-10-5-7-12(18)8-6-10/h1,5-8,11,13,18H,4,9H2,2H3,(H,19,20)(H2,16,17,21)/t11?,13-/m0/s1. The number of terminal acetylenes is 1. The first-order valence-electron chi connectivity index (χ1n) is 6.50. The minimum atomic E-state index is -1.15. The average Bonchev–Trinajstić information content (AvgIpc) is 2.46. The van der Waals surface area contributed by atoms with E-state index in [2.05, 4.69) is 16.6 Å². The molecule has 21 heavy (non-hydrogen) atoms. The van der Waals surface area contributed by atoms with E-state index >= 15 is 0 Å². The summed E-state index contributed by atoms with van der Waals surface area (Å²) in [5.41, 5.74) is 0.685. The highest BCUT2D eigenvalue weighted by molar-refractivity contribution is 5.83. The molecule has 0 aliphatic heterocycles. The van der Waals surface area contributed by atoms with Gasteiger partial charge in [0, 0.05) is 6.42 Å². The monoisotopic (exact) mass is 290 g/mol. The second-order valence-corrected chi connectivity index (χ2v) is 4.51. The first-order chi connectivity index (χ1) is 9.96. The molecule has 6 nitrogen and oxygen atoms in total. The minimum absolute atomic E-state index is 0.0936. The Morgan fingerprint density at radius 1 is 1.29 bits per heavy atom. The zero-order valence-electron chi connectivity index (χ0n) is 11.7. The quantitative estimate of drug-likeness (QED) is 0.590. The first kappa shape index (κ1) is 16.4. The Morgan fingerprint density at radius 3 is 2.38 bits per heavy atom. The van der Waals surface area contributed by atoms with Gasteiger partial charge in [-0.05, 0) is 24.1 Å². The van der Waals surface area contributed by atoms with Crippen LogP contribution in [0.4, 0.5) is 4.79 Å². The second kappa shape index (κ2) is 7.80. The van der Waals surface area contributed by atoms with Gasteiger partial charge in [0.25, 0.3) is 0 Å². The van der Waals surface area contributed by atoms with Crippen LogP contribution < -0.4 is 10.6 Å². The van der Waals surface area contributed by atoms with Gasteiger partial charge >= 0.3 is 12.0 Å². The molecule has 1 aromatic rings. The van der Waals surface area contributed by atoms with Crippen molar-refractivity contribution in [1.29, 1.82) is 0 Å². The number of aliphatic carboxylic acids is 1. The summed E-state index contributed by atoms with van der Waals surface area (Å²) in [5.74, 6) is 1.34. The van der Waals surface area contributed by atoms with Gasteiger partial charge in [0.05, 0.1) is 6.04 Å². The molecule has 0 fully saturated rings. The zero-order chi connectivity index (χ0) is 15.8. The molecule has 6 heteroatoms. The highest BCUT2D eigenvalue weighted by atomic mass is 16.4. The van der Waals surface area contributed by atoms with Crippen LogP contribution in [-0.2, 0) is 11.2 Å². The van der Waals surface area contributed by atoms with Crippen LogP contribution in [0.1, 0.15) is 18.9 Å². The van der Waals surface area contributed by atoms with Crippen LogP contribution in [0.25, 0.3) is 0 Å². The Labute approximate surface area is 123 Å². The van der Waals surface area contributed by atoms with Crippen LogP contribution in [0, 0.1) is 12.3 Å². The molecule has 0 bridgehead atoms. The van der Waals surface area contributed by atoms with Gasteiger partial charge in [-0.15, -0.1) is 6.42 Å². The Bertz CT molecular complexity index is 534. The van der Waals surface area contributed by atoms with Crippen LogP contribution in [0.5, 0.6) is 5.75 Å². The fraction of sp³-hybridized carbons (Fsp3) is 0.333. The normalized spacial score (nSPS) is 12.8. The van der Waals surface area contributed by atoms with E-state index in [0.717, 1.165) is 0 Å². The van der Waals surface area contributed by atoms with Crippen LogP contribution in [-0.4, -0.2) is 34.3 Å². The fourth-order valence-corrected chi connectivity index (χ4v) is 1.69. The van der Waals surface area contributed by atoms with E-state index in [-0.39, 0.29) is 12.2 Å². The van der Waals surface area contributed by atoms with E-state index in [1.54, 1.807) is 12.1 Å². The highest BCUT2D eigenvalue weighted by Gasteiger charge is 2.21. The van der Waals surface area contributed by atoms with Crippen molar-refractivity contribution < 1.29 is 19.8 Å². The number of carboxylic acid groups (broad SMARTS) is 1. The molecule has 2 atom stereocenters. The molecule has 4 N–H and O–H groups in total. The zero-order valence-corrected chi connectivity index (χ0v) is 11.7. The van der Waals surface area contributed by atoms with Crippen molar-refractivity contribution in [1.82, 2.24) is 10.6 Å². The summed E-state index contributed by atoms with van der Waals surface area (Å²) in [5, 5.41) is 23.2. The van der Waals surface area contributed by atoms with Gasteiger partial charge in [0.1, 0.15) is 11.8 Å². The molecule has 1 unspecified atom stereocenters. The summed E-state index contributed by atoms with van der Waals surface area (Å²) in [4.78, 5) is 22.9. The third-order valence-corrected chi connectivity index (χ3v) is 2.89. The number of benzene rings is 1. The molecular weight excluding hydrogens is 272 g/mol. The molecule has 0 saturated heterocycles. The largest absolute Gasteiger partial charge is 0.508 e. The number of phenolic OH excluding ortho intramolecular Hbond substituents is 1. The summed E-state index contributed by atoms with van der Waals surface area (Å²) >= 11 is 0. The average molecular weight is 290 g/mol. The number of carbonyl (C=O) groups excluding carboxylic acids is 1. The van der Waals surface area contributed by atoms with Crippen molar-refractivity contribution in [2.75, 3.05) is 0 Å². The Morgan fingerprint density at radius 2 is 1.90 bits per heavy atom. The maximum absolute atomic E-state index is 11.7. The molecule has 0 heterocycles. The van der Waals surface area contributed by atoms with Gasteiger partial charge in [-0.3, -0.25) is 0 Å². The number of carbonyl (C=O) groups is 2. The van der Waals surface area contributed by atoms with Gasteiger partial charge < -0.3 is 20.8 Å². The minimum Gasteiger partial charge on any atom is -0.508 e. The molecule has 1 aromatic carbocycles. The van der Waals surface area contributed by atoms with Gasteiger partial charge in [0.2, 0.25) is 0 Å². The van der Waals surface area contributed by atoms with Gasteiger partial charge in [-0.2, -0.15) is 0 Å². The summed E-state index contributed by atoms with van der Waals surface area (Å²) in [6.07, 6.45) is 5.89. The van der Waals surface area contributed by atoms with E-state index in [0.29, 0.717) is 12.0 Å². The lowest BCUT2D eigenvalue weighted by Gasteiger charge is -2.17. The lowest BCUT2D eigenvalue weighted by Crippen LogP contribution is -2.49. The number of aromatic hydroxyl groups is 1. The molecule has 0 aromatic heterocycles. The van der Waals surface area contributed by atoms with Gasteiger partial charge in [-0.25, -0.2) is 9.59 Å². The maximum Gasteiger partial charge on any atom is 0.326 e. The van der Waals surface area contributed by atoms with E-state index in [9.17, 15) is 14.7 Å². The molecule has 0 spiro atoms. The van der Waals surface area contributed by atoms with E-state index in [1.165, 1.54) is 12.1 Å². The number of hydrogen-bond acceptors (Lipinski definition) is 3. The number of urea groups is 1. The van der Waals surface area contributed by atoms with E-state index in [1.807, 2.05) is 6.92 Å². The Hall–Kier alpha value is -2.68. The molecule has 0 saturated carbocycles. The maximum atomic E-state index is 11.7. The third kappa shape index (κ3) is 5.45. The molecule has 0 aliphatic carbocycles. The van der Waals surface area contributed by atoms with Crippen LogP contribution in [0.3, 0.4) is 0 Å². The summed E-state index contributed by atoms with van der Waals surface area (Å²) in [6, 6.07) is 3.98. The van der Waals surface area contributed by atoms with Crippen molar-refractivity contribution in [2.45, 2.75) is 31.8 Å². The number of amides is 2. The number of carboxylic acids is 1. The van der Waals surface area contributed by atoms with Crippen molar-refractivity contribution in [3.63, 3.8) is 0 Å². The number of phenols is 1. The molecule has 112 valence electrons. The summed E-state index contributed by atoms with van der Waals surface area (Å²) < 4.78 is 0. The number of nitrogens with one attached hydrogen (secondary N) is 2. The predicted octanol–water partition coefficient (Wildman–Crippen LogP) is 1.10. The molecule has 1 rings (SSSR count). The van der Waals surface area contributed by atoms with Crippen molar-refractivity contribution in [3.8, 4) is 18.1 Å². The van der Waals surface area contributed by atoms with E-state index < -0.39 is 24.1 Å². The smallest absolute Gasteiger partial charge is 0.326 e. The van der Waals surface area contributed by atoms with Gasteiger partial charge in [0.15, 0.2) is 0 Å². The van der Waals surface area contributed by atoms with Crippen molar-refractivity contribution in [2.24, 2.45) is 0 Å². The topological polar surface area (TPSA) is 98.7 Å². The molecule has 2 amide bonds. The lowest BCUT2D eigenvalue weighted by molar-refractivity contribution is -0.139. The lowest BCUT2D eigenvalue weighted by atomic mass is 10.1. The second-order valence-electron chi connectivity index (χ2n) is 4.51. The van der Waals surface area contributed by atoms with Crippen LogP contribution >= 0.6 is 0 Å². The SMILES string of the molecule is C#CC(CC)NC(=O)N[C@@H](Cc1ccc(O)cc1)C(=O)O. The van der Waals surface area contributed by atoms with E-state index in [4.69, 9.17) is 11.5 Å². The molecular formula is C15H18N2O4. The number of rotatable bonds is 6. The summed E-state index contributed by atoms with van der Waals surface area (Å²) in [6.45, 7) is 1.82.